The second kappa shape index (κ2) is 6.43. The monoisotopic (exact) mass is 323 g/mol. The standard InChI is InChI=1S/C18H17N3OS/c1-11-9-12(2)20-18(14(11)10-19)23-16-8-7-13-5-3-4-6-15(13)21-17(16)22/h3-6,9,16H,7-8H2,1-2H3,(H,21,22)/t16-/m1/s1. The SMILES string of the molecule is Cc1cc(C)c(C#N)c(S[C@@H]2CCc3ccccc3NC2=O)n1. The molecule has 2 aromatic rings. The van der Waals surface area contributed by atoms with Crippen LogP contribution in [0.25, 0.3) is 0 Å². The van der Waals surface area contributed by atoms with Crippen molar-refractivity contribution in [2.45, 2.75) is 37.0 Å². The summed E-state index contributed by atoms with van der Waals surface area (Å²) in [6, 6.07) is 12.0. The predicted molar refractivity (Wildman–Crippen MR) is 91.5 cm³/mol. The van der Waals surface area contributed by atoms with E-state index in [1.165, 1.54) is 11.8 Å². The molecule has 0 saturated carbocycles. The van der Waals surface area contributed by atoms with Crippen molar-refractivity contribution in [3.05, 3.63) is 52.7 Å². The third-order valence-corrected chi connectivity index (χ3v) is 5.17. The van der Waals surface area contributed by atoms with E-state index in [0.29, 0.717) is 10.6 Å². The summed E-state index contributed by atoms with van der Waals surface area (Å²) < 4.78 is 0. The zero-order valence-electron chi connectivity index (χ0n) is 13.1. The molecule has 4 nitrogen and oxygen atoms in total. The molecule has 1 aliphatic heterocycles. The van der Waals surface area contributed by atoms with Crippen molar-refractivity contribution in [1.82, 2.24) is 4.98 Å². The Bertz CT molecular complexity index is 810. The lowest BCUT2D eigenvalue weighted by atomic mass is 10.1. The third kappa shape index (κ3) is 3.22. The molecule has 0 saturated heterocycles. The van der Waals surface area contributed by atoms with Gasteiger partial charge in [-0.05, 0) is 49.9 Å². The van der Waals surface area contributed by atoms with Crippen LogP contribution in [0.2, 0.25) is 0 Å². The molecule has 3 rings (SSSR count). The molecule has 116 valence electrons. The summed E-state index contributed by atoms with van der Waals surface area (Å²) >= 11 is 1.39. The van der Waals surface area contributed by atoms with Gasteiger partial charge < -0.3 is 5.32 Å². The maximum atomic E-state index is 12.5. The molecule has 0 radical (unpaired) electrons. The Morgan fingerprint density at radius 1 is 1.35 bits per heavy atom. The Labute approximate surface area is 139 Å². The fourth-order valence-electron chi connectivity index (χ4n) is 2.76. The molecule has 2 heterocycles. The van der Waals surface area contributed by atoms with E-state index in [4.69, 9.17) is 0 Å². The Morgan fingerprint density at radius 3 is 2.91 bits per heavy atom. The van der Waals surface area contributed by atoms with Gasteiger partial charge in [-0.1, -0.05) is 30.0 Å². The minimum atomic E-state index is -0.247. The smallest absolute Gasteiger partial charge is 0.237 e. The van der Waals surface area contributed by atoms with E-state index >= 15 is 0 Å². The van der Waals surface area contributed by atoms with Crippen LogP contribution in [0.5, 0.6) is 0 Å². The highest BCUT2D eigenvalue weighted by atomic mass is 32.2. The molecule has 1 aromatic heterocycles. The number of pyridine rings is 1. The number of hydrogen-bond donors (Lipinski definition) is 1. The van der Waals surface area contributed by atoms with E-state index in [0.717, 1.165) is 35.3 Å². The van der Waals surface area contributed by atoms with Crippen LogP contribution in [0.4, 0.5) is 5.69 Å². The normalized spacial score (nSPS) is 16.9. The molecule has 1 atom stereocenters. The molecule has 0 fully saturated rings. The number of rotatable bonds is 2. The van der Waals surface area contributed by atoms with Crippen LogP contribution in [0.3, 0.4) is 0 Å². The van der Waals surface area contributed by atoms with Crippen molar-refractivity contribution in [3.63, 3.8) is 0 Å². The number of benzene rings is 1. The number of carbonyl (C=O) groups is 1. The molecule has 0 spiro atoms. The summed E-state index contributed by atoms with van der Waals surface area (Å²) in [7, 11) is 0. The number of amides is 1. The maximum absolute atomic E-state index is 12.5. The van der Waals surface area contributed by atoms with Gasteiger partial charge in [-0.3, -0.25) is 4.79 Å². The number of carbonyl (C=O) groups excluding carboxylic acids is 1. The lowest BCUT2D eigenvalue weighted by molar-refractivity contribution is -0.115. The highest BCUT2D eigenvalue weighted by Gasteiger charge is 2.26. The lowest BCUT2D eigenvalue weighted by Crippen LogP contribution is -2.23. The number of nitrogens with one attached hydrogen (secondary N) is 1. The number of hydrogen-bond acceptors (Lipinski definition) is 4. The minimum Gasteiger partial charge on any atom is -0.325 e. The van der Waals surface area contributed by atoms with E-state index < -0.39 is 0 Å². The summed E-state index contributed by atoms with van der Waals surface area (Å²) in [5.74, 6) is -0.0233. The Hall–Kier alpha value is -2.32. The first-order valence-corrected chi connectivity index (χ1v) is 8.40. The van der Waals surface area contributed by atoms with Gasteiger partial charge in [0.15, 0.2) is 0 Å². The molecule has 23 heavy (non-hydrogen) atoms. The molecule has 1 aliphatic rings. The van der Waals surface area contributed by atoms with E-state index in [1.54, 1.807) is 0 Å². The van der Waals surface area contributed by atoms with Crippen LogP contribution in [-0.2, 0) is 11.2 Å². The predicted octanol–water partition coefficient (Wildman–Crippen LogP) is 3.62. The molecule has 1 aromatic carbocycles. The van der Waals surface area contributed by atoms with Gasteiger partial charge in [0.25, 0.3) is 0 Å². The number of nitriles is 1. The molecular formula is C18H17N3OS. The van der Waals surface area contributed by atoms with Crippen LogP contribution in [-0.4, -0.2) is 16.1 Å². The average molecular weight is 323 g/mol. The summed E-state index contributed by atoms with van der Waals surface area (Å²) in [6.45, 7) is 3.81. The molecule has 0 bridgehead atoms. The van der Waals surface area contributed by atoms with Crippen molar-refractivity contribution in [1.29, 1.82) is 5.26 Å². The van der Waals surface area contributed by atoms with Crippen LogP contribution in [0, 0.1) is 25.2 Å². The van der Waals surface area contributed by atoms with Gasteiger partial charge in [0.05, 0.1) is 10.8 Å². The highest BCUT2D eigenvalue weighted by molar-refractivity contribution is 8.00. The molecule has 0 aliphatic carbocycles. The first kappa shape index (κ1) is 15.6. The number of fused-ring (bicyclic) bond motifs is 1. The third-order valence-electron chi connectivity index (χ3n) is 3.92. The van der Waals surface area contributed by atoms with Crippen LogP contribution < -0.4 is 5.32 Å². The number of thioether (sulfide) groups is 1. The number of anilines is 1. The number of aryl methyl sites for hydroxylation is 3. The van der Waals surface area contributed by atoms with Crippen molar-refractivity contribution >= 4 is 23.4 Å². The topological polar surface area (TPSA) is 65.8 Å². The van der Waals surface area contributed by atoms with Crippen molar-refractivity contribution in [3.8, 4) is 6.07 Å². The van der Waals surface area contributed by atoms with E-state index in [1.807, 2.05) is 44.2 Å². The second-order valence-corrected chi connectivity index (χ2v) is 6.86. The van der Waals surface area contributed by atoms with Crippen molar-refractivity contribution in [2.75, 3.05) is 5.32 Å². The van der Waals surface area contributed by atoms with Gasteiger partial charge in [-0.15, -0.1) is 0 Å². The van der Waals surface area contributed by atoms with Gasteiger partial charge in [0.2, 0.25) is 5.91 Å². The van der Waals surface area contributed by atoms with Gasteiger partial charge in [-0.2, -0.15) is 5.26 Å². The van der Waals surface area contributed by atoms with Crippen LogP contribution in [0.1, 0.15) is 28.8 Å². The molecule has 5 heteroatoms. The minimum absolute atomic E-state index is 0.0233. The fourth-order valence-corrected chi connectivity index (χ4v) is 3.95. The van der Waals surface area contributed by atoms with E-state index in [2.05, 4.69) is 16.4 Å². The summed E-state index contributed by atoms with van der Waals surface area (Å²) in [5, 5.41) is 12.8. The van der Waals surface area contributed by atoms with Crippen LogP contribution >= 0.6 is 11.8 Å². The lowest BCUT2D eigenvalue weighted by Gasteiger charge is -2.14. The molecule has 1 amide bonds. The summed E-state index contributed by atoms with van der Waals surface area (Å²) in [5.41, 5.74) is 4.36. The second-order valence-electron chi connectivity index (χ2n) is 5.66. The Kier molecular flexibility index (Phi) is 4.35. The summed E-state index contributed by atoms with van der Waals surface area (Å²) in [4.78, 5) is 17.0. The number of para-hydroxylation sites is 1. The van der Waals surface area contributed by atoms with Crippen molar-refractivity contribution in [2.24, 2.45) is 0 Å². The summed E-state index contributed by atoms with van der Waals surface area (Å²) in [6.07, 6.45) is 1.56. The van der Waals surface area contributed by atoms with Gasteiger partial charge in [-0.25, -0.2) is 4.98 Å². The Morgan fingerprint density at radius 2 is 2.13 bits per heavy atom. The number of aromatic nitrogens is 1. The molecule has 1 N–H and O–H groups in total. The van der Waals surface area contributed by atoms with E-state index in [-0.39, 0.29) is 11.2 Å². The first-order valence-electron chi connectivity index (χ1n) is 7.52. The van der Waals surface area contributed by atoms with Crippen molar-refractivity contribution < 1.29 is 4.79 Å². The van der Waals surface area contributed by atoms with Crippen LogP contribution in [0.15, 0.2) is 35.4 Å². The zero-order chi connectivity index (χ0) is 16.4. The van der Waals surface area contributed by atoms with E-state index in [9.17, 15) is 10.1 Å². The quantitative estimate of drug-likeness (QED) is 0.917. The van der Waals surface area contributed by atoms with Gasteiger partial charge in [0, 0.05) is 11.4 Å². The molecule has 0 unspecified atom stereocenters. The molecular weight excluding hydrogens is 306 g/mol. The average Bonchev–Trinajstić information content (AvgIpc) is 2.66. The maximum Gasteiger partial charge on any atom is 0.237 e. The highest BCUT2D eigenvalue weighted by Crippen LogP contribution is 2.33. The van der Waals surface area contributed by atoms with Gasteiger partial charge in [0.1, 0.15) is 11.1 Å². The first-order chi connectivity index (χ1) is 11.1. The van der Waals surface area contributed by atoms with Gasteiger partial charge >= 0.3 is 0 Å². The zero-order valence-corrected chi connectivity index (χ0v) is 13.9. The fraction of sp³-hybridized carbons (Fsp3) is 0.278. The number of nitrogens with zero attached hydrogens (tertiary/aromatic N) is 2. The Balaban J connectivity index is 1.88. The largest absolute Gasteiger partial charge is 0.325 e.